The molecule has 0 saturated carbocycles. The summed E-state index contributed by atoms with van der Waals surface area (Å²) in [5, 5.41) is 30.3. The van der Waals surface area contributed by atoms with E-state index >= 15 is 0 Å². The molecule has 1 heterocycles. The molecule has 12 heteroatoms. The summed E-state index contributed by atoms with van der Waals surface area (Å²) >= 11 is 6.33. The number of aromatic nitrogens is 2. The summed E-state index contributed by atoms with van der Waals surface area (Å²) in [6, 6.07) is 8.69. The second kappa shape index (κ2) is 8.02. The number of halogens is 2. The van der Waals surface area contributed by atoms with Gasteiger partial charge in [0.05, 0.1) is 39.1 Å². The van der Waals surface area contributed by atoms with Crippen LogP contribution in [0.1, 0.15) is 11.3 Å². The molecule has 0 atom stereocenters. The van der Waals surface area contributed by atoms with Crippen molar-refractivity contribution in [3.63, 3.8) is 0 Å². The van der Waals surface area contributed by atoms with E-state index in [9.17, 15) is 24.6 Å². The maximum Gasteiger partial charge on any atom is 0.301 e. The summed E-state index contributed by atoms with van der Waals surface area (Å²) in [5.41, 5.74) is 3.03. The molecule has 0 spiro atoms. The average molecular weight is 419 g/mol. The summed E-state index contributed by atoms with van der Waals surface area (Å²) in [4.78, 5) is 20.5. The Balaban J connectivity index is 1.87. The van der Waals surface area contributed by atoms with E-state index in [0.717, 1.165) is 12.1 Å². The number of nitrogens with one attached hydrogen (secondary N) is 1. The van der Waals surface area contributed by atoms with Crippen LogP contribution in [0.2, 0.25) is 5.15 Å². The number of rotatable bonds is 6. The standard InChI is InChI=1S/C17H12ClFN6O4/c1-10-14(17(18)23(22-10)12-4-2-11(19)3-5-12)9-20-21-15-7-6-13(24(26)27)8-16(15)25(28)29/h2-9,21H,1H3/b20-9+. The van der Waals surface area contributed by atoms with E-state index in [2.05, 4.69) is 15.6 Å². The highest BCUT2D eigenvalue weighted by Gasteiger charge is 2.19. The van der Waals surface area contributed by atoms with Crippen molar-refractivity contribution in [3.8, 4) is 5.69 Å². The Hall–Kier alpha value is -3.86. The highest BCUT2D eigenvalue weighted by Crippen LogP contribution is 2.29. The van der Waals surface area contributed by atoms with Gasteiger partial charge < -0.3 is 0 Å². The summed E-state index contributed by atoms with van der Waals surface area (Å²) < 4.78 is 14.5. The van der Waals surface area contributed by atoms with E-state index in [0.29, 0.717) is 16.9 Å². The third-order valence-corrected chi connectivity index (χ3v) is 4.25. The van der Waals surface area contributed by atoms with E-state index in [4.69, 9.17) is 11.6 Å². The minimum Gasteiger partial charge on any atom is -0.272 e. The van der Waals surface area contributed by atoms with E-state index in [1.54, 1.807) is 6.92 Å². The Kier molecular flexibility index (Phi) is 5.50. The molecule has 148 valence electrons. The van der Waals surface area contributed by atoms with Gasteiger partial charge in [0, 0.05) is 6.07 Å². The van der Waals surface area contributed by atoms with Gasteiger partial charge in [-0.3, -0.25) is 25.7 Å². The molecule has 2 aromatic carbocycles. The first-order valence-electron chi connectivity index (χ1n) is 8.01. The van der Waals surface area contributed by atoms with Crippen molar-refractivity contribution >= 4 is 34.9 Å². The lowest BCUT2D eigenvalue weighted by Gasteiger charge is -2.03. The number of aryl methyl sites for hydroxylation is 1. The van der Waals surface area contributed by atoms with Crippen LogP contribution in [0.25, 0.3) is 5.69 Å². The molecule has 0 radical (unpaired) electrons. The molecule has 0 aliphatic carbocycles. The van der Waals surface area contributed by atoms with Crippen molar-refractivity contribution in [2.75, 3.05) is 5.43 Å². The normalized spacial score (nSPS) is 11.0. The molecule has 1 aromatic heterocycles. The molecule has 0 amide bonds. The van der Waals surface area contributed by atoms with Crippen molar-refractivity contribution in [2.24, 2.45) is 5.10 Å². The zero-order chi connectivity index (χ0) is 21.1. The van der Waals surface area contributed by atoms with Gasteiger partial charge in [-0.1, -0.05) is 11.6 Å². The number of nitro groups is 2. The van der Waals surface area contributed by atoms with Crippen LogP contribution in [0.15, 0.2) is 47.6 Å². The Labute approximate surface area is 167 Å². The van der Waals surface area contributed by atoms with Gasteiger partial charge >= 0.3 is 5.69 Å². The third-order valence-electron chi connectivity index (χ3n) is 3.89. The zero-order valence-corrected chi connectivity index (χ0v) is 15.5. The van der Waals surface area contributed by atoms with E-state index < -0.39 is 27.0 Å². The van der Waals surface area contributed by atoms with Crippen molar-refractivity contribution in [3.05, 3.63) is 84.9 Å². The number of anilines is 1. The smallest absolute Gasteiger partial charge is 0.272 e. The molecular formula is C17H12ClFN6O4. The fourth-order valence-electron chi connectivity index (χ4n) is 2.46. The van der Waals surface area contributed by atoms with Gasteiger partial charge in [0.2, 0.25) is 0 Å². The fourth-order valence-corrected chi connectivity index (χ4v) is 2.78. The maximum atomic E-state index is 13.1. The highest BCUT2D eigenvalue weighted by atomic mass is 35.5. The van der Waals surface area contributed by atoms with E-state index in [1.807, 2.05) is 0 Å². The fraction of sp³-hybridized carbons (Fsp3) is 0.0588. The molecule has 0 saturated heterocycles. The number of benzene rings is 2. The lowest BCUT2D eigenvalue weighted by atomic mass is 10.2. The monoisotopic (exact) mass is 418 g/mol. The third kappa shape index (κ3) is 4.19. The van der Waals surface area contributed by atoms with E-state index in [1.165, 1.54) is 41.2 Å². The molecule has 10 nitrogen and oxygen atoms in total. The minimum absolute atomic E-state index is 0.0310. The summed E-state index contributed by atoms with van der Waals surface area (Å²) in [6.45, 7) is 1.68. The van der Waals surface area contributed by atoms with Crippen LogP contribution in [0, 0.1) is 33.0 Å². The largest absolute Gasteiger partial charge is 0.301 e. The quantitative estimate of drug-likeness (QED) is 0.362. The van der Waals surface area contributed by atoms with Crippen molar-refractivity contribution in [2.45, 2.75) is 6.92 Å². The average Bonchev–Trinajstić information content (AvgIpc) is 2.96. The van der Waals surface area contributed by atoms with Gasteiger partial charge in [-0.05, 0) is 37.3 Å². The summed E-state index contributed by atoms with van der Waals surface area (Å²) in [5.74, 6) is -0.399. The SMILES string of the molecule is Cc1nn(-c2ccc(F)cc2)c(Cl)c1/C=N/Nc1ccc([N+](=O)[O-])cc1[N+](=O)[O-]. The first-order valence-corrected chi connectivity index (χ1v) is 8.38. The van der Waals surface area contributed by atoms with Crippen molar-refractivity contribution < 1.29 is 14.2 Å². The van der Waals surface area contributed by atoms with Crippen molar-refractivity contribution in [1.29, 1.82) is 0 Å². The van der Waals surface area contributed by atoms with Crippen LogP contribution < -0.4 is 5.43 Å². The lowest BCUT2D eigenvalue weighted by molar-refractivity contribution is -0.393. The Bertz CT molecular complexity index is 1130. The molecule has 0 aliphatic rings. The molecular weight excluding hydrogens is 407 g/mol. The number of nitrogens with zero attached hydrogens (tertiary/aromatic N) is 5. The predicted molar refractivity (Wildman–Crippen MR) is 104 cm³/mol. The van der Waals surface area contributed by atoms with Crippen molar-refractivity contribution in [1.82, 2.24) is 9.78 Å². The molecule has 0 fully saturated rings. The maximum absolute atomic E-state index is 13.1. The van der Waals surface area contributed by atoms with Gasteiger partial charge in [0.1, 0.15) is 16.7 Å². The van der Waals surface area contributed by atoms with Crippen LogP contribution in [0.5, 0.6) is 0 Å². The van der Waals surface area contributed by atoms with Gasteiger partial charge in [0.15, 0.2) is 0 Å². The number of hydrogen-bond donors (Lipinski definition) is 1. The molecule has 3 rings (SSSR count). The van der Waals surface area contributed by atoms with Crippen LogP contribution in [-0.2, 0) is 0 Å². The second-order valence-electron chi connectivity index (χ2n) is 5.76. The van der Waals surface area contributed by atoms with Gasteiger partial charge in [-0.25, -0.2) is 9.07 Å². The summed E-state index contributed by atoms with van der Waals surface area (Å²) in [7, 11) is 0. The Morgan fingerprint density at radius 2 is 1.86 bits per heavy atom. The van der Waals surface area contributed by atoms with Gasteiger partial charge in [0.25, 0.3) is 5.69 Å². The van der Waals surface area contributed by atoms with Gasteiger partial charge in [-0.15, -0.1) is 0 Å². The molecule has 0 bridgehead atoms. The number of hydrazone groups is 1. The summed E-state index contributed by atoms with van der Waals surface area (Å²) in [6.07, 6.45) is 1.32. The number of nitro benzene ring substituents is 2. The van der Waals surface area contributed by atoms with Gasteiger partial charge in [-0.2, -0.15) is 10.2 Å². The van der Waals surface area contributed by atoms with Crippen LogP contribution in [0.4, 0.5) is 21.5 Å². The second-order valence-corrected chi connectivity index (χ2v) is 6.12. The van der Waals surface area contributed by atoms with E-state index in [-0.39, 0.29) is 10.8 Å². The van der Waals surface area contributed by atoms with Crippen LogP contribution >= 0.6 is 11.6 Å². The minimum atomic E-state index is -0.754. The predicted octanol–water partition coefficient (Wildman–Crippen LogP) is 4.24. The van der Waals surface area contributed by atoms with Crippen LogP contribution in [0.3, 0.4) is 0 Å². The molecule has 0 aliphatic heterocycles. The first-order chi connectivity index (χ1) is 13.8. The number of non-ortho nitro benzene ring substituents is 1. The molecule has 0 unspecified atom stereocenters. The Morgan fingerprint density at radius 3 is 2.48 bits per heavy atom. The van der Waals surface area contributed by atoms with Crippen LogP contribution in [-0.4, -0.2) is 25.8 Å². The Morgan fingerprint density at radius 1 is 1.17 bits per heavy atom. The first kappa shape index (κ1) is 19.9. The molecule has 1 N–H and O–H groups in total. The highest BCUT2D eigenvalue weighted by molar-refractivity contribution is 6.32. The number of hydrogen-bond acceptors (Lipinski definition) is 7. The molecule has 3 aromatic rings. The zero-order valence-electron chi connectivity index (χ0n) is 14.7. The lowest BCUT2D eigenvalue weighted by Crippen LogP contribution is -1.99. The topological polar surface area (TPSA) is 128 Å². The molecule has 29 heavy (non-hydrogen) atoms.